The summed E-state index contributed by atoms with van der Waals surface area (Å²) < 4.78 is 0.516. The average molecular weight is 311 g/mol. The molecule has 0 bridgehead atoms. The molecule has 3 N–H and O–H groups in total. The van der Waals surface area contributed by atoms with Gasteiger partial charge in [0.2, 0.25) is 0 Å². The number of halogens is 1. The van der Waals surface area contributed by atoms with Gasteiger partial charge < -0.3 is 16.0 Å². The van der Waals surface area contributed by atoms with Crippen LogP contribution in [0.15, 0.2) is 24.4 Å². The number of aromatic nitrogens is 1. The summed E-state index contributed by atoms with van der Waals surface area (Å²) in [5.74, 6) is -0.446. The molecule has 0 aliphatic rings. The molecule has 5 nitrogen and oxygen atoms in total. The SMILES string of the molecule is CN(C)c1ccc(NCc2cnc(Cl)s2)cc1C(N)=O. The third-order valence-corrected chi connectivity index (χ3v) is 3.85. The van der Waals surface area contributed by atoms with Crippen molar-refractivity contribution in [2.75, 3.05) is 24.3 Å². The van der Waals surface area contributed by atoms with Crippen molar-refractivity contribution in [3.63, 3.8) is 0 Å². The molecule has 1 aromatic heterocycles. The number of thiazole rings is 1. The minimum atomic E-state index is -0.446. The molecule has 1 aromatic carbocycles. The highest BCUT2D eigenvalue weighted by molar-refractivity contribution is 7.15. The third-order valence-electron chi connectivity index (χ3n) is 2.74. The second kappa shape index (κ2) is 6.11. The fraction of sp³-hybridized carbons (Fsp3) is 0.231. The van der Waals surface area contributed by atoms with Crippen LogP contribution in [0.3, 0.4) is 0 Å². The number of nitrogens with zero attached hydrogens (tertiary/aromatic N) is 2. The molecule has 2 aromatic rings. The lowest BCUT2D eigenvalue weighted by atomic mass is 10.1. The fourth-order valence-electron chi connectivity index (χ4n) is 1.79. The highest BCUT2D eigenvalue weighted by Gasteiger charge is 2.11. The van der Waals surface area contributed by atoms with Crippen molar-refractivity contribution in [1.82, 2.24) is 4.98 Å². The summed E-state index contributed by atoms with van der Waals surface area (Å²) in [6.07, 6.45) is 1.73. The van der Waals surface area contributed by atoms with E-state index in [0.29, 0.717) is 16.6 Å². The average Bonchev–Trinajstić information content (AvgIpc) is 2.81. The van der Waals surface area contributed by atoms with E-state index < -0.39 is 5.91 Å². The van der Waals surface area contributed by atoms with Crippen LogP contribution in [0.5, 0.6) is 0 Å². The number of rotatable bonds is 5. The van der Waals surface area contributed by atoms with Crippen LogP contribution in [-0.4, -0.2) is 25.0 Å². The monoisotopic (exact) mass is 310 g/mol. The van der Waals surface area contributed by atoms with Gasteiger partial charge in [-0.25, -0.2) is 4.98 Å². The first-order valence-electron chi connectivity index (χ1n) is 5.92. The Kier molecular flexibility index (Phi) is 4.46. The van der Waals surface area contributed by atoms with Gasteiger partial charge in [-0.05, 0) is 18.2 Å². The minimum Gasteiger partial charge on any atom is -0.380 e. The lowest BCUT2D eigenvalue weighted by Crippen LogP contribution is -2.18. The maximum absolute atomic E-state index is 11.5. The number of amides is 1. The van der Waals surface area contributed by atoms with E-state index in [-0.39, 0.29) is 0 Å². The van der Waals surface area contributed by atoms with Gasteiger partial charge in [0, 0.05) is 36.5 Å². The molecule has 7 heteroatoms. The lowest BCUT2D eigenvalue weighted by molar-refractivity contribution is 0.100. The van der Waals surface area contributed by atoms with E-state index >= 15 is 0 Å². The standard InChI is InChI=1S/C13H15ClN4OS/c1-18(2)11-4-3-8(5-10(11)12(15)19)16-6-9-7-17-13(14)20-9/h3-5,7,16H,6H2,1-2H3,(H2,15,19). The van der Waals surface area contributed by atoms with Crippen molar-refractivity contribution in [3.05, 3.63) is 39.3 Å². The van der Waals surface area contributed by atoms with Gasteiger partial charge in [-0.3, -0.25) is 4.79 Å². The number of nitrogens with two attached hydrogens (primary N) is 1. The van der Waals surface area contributed by atoms with Gasteiger partial charge in [0.1, 0.15) is 0 Å². The Bertz CT molecular complexity index is 627. The topological polar surface area (TPSA) is 71.2 Å². The number of hydrogen-bond donors (Lipinski definition) is 2. The molecule has 1 heterocycles. The van der Waals surface area contributed by atoms with Crippen LogP contribution in [0.1, 0.15) is 15.2 Å². The van der Waals surface area contributed by atoms with Crippen LogP contribution in [0.2, 0.25) is 4.47 Å². The largest absolute Gasteiger partial charge is 0.380 e. The lowest BCUT2D eigenvalue weighted by Gasteiger charge is -2.17. The van der Waals surface area contributed by atoms with Crippen LogP contribution < -0.4 is 16.0 Å². The van der Waals surface area contributed by atoms with Gasteiger partial charge in [0.05, 0.1) is 12.1 Å². The molecule has 0 saturated carbocycles. The highest BCUT2D eigenvalue weighted by atomic mass is 35.5. The molecule has 1 amide bonds. The second-order valence-corrected chi connectivity index (χ2v) is 6.12. The molecule has 0 saturated heterocycles. The minimum absolute atomic E-state index is 0.446. The van der Waals surface area contributed by atoms with Gasteiger partial charge in [0.15, 0.2) is 4.47 Å². The Hall–Kier alpha value is -1.79. The smallest absolute Gasteiger partial charge is 0.250 e. The number of nitrogens with one attached hydrogen (secondary N) is 1. The van der Waals surface area contributed by atoms with Crippen molar-refractivity contribution in [1.29, 1.82) is 0 Å². The molecule has 0 aliphatic carbocycles. The summed E-state index contributed by atoms with van der Waals surface area (Å²) in [6.45, 7) is 0.601. The Balaban J connectivity index is 2.16. The first kappa shape index (κ1) is 14.6. The van der Waals surface area contributed by atoms with E-state index in [4.69, 9.17) is 17.3 Å². The number of primary amides is 1. The van der Waals surface area contributed by atoms with Crippen LogP contribution in [0.25, 0.3) is 0 Å². The van der Waals surface area contributed by atoms with Gasteiger partial charge in [-0.1, -0.05) is 11.6 Å². The normalized spacial score (nSPS) is 10.3. The van der Waals surface area contributed by atoms with Crippen molar-refractivity contribution >= 4 is 40.2 Å². The zero-order valence-electron chi connectivity index (χ0n) is 11.2. The van der Waals surface area contributed by atoms with Crippen LogP contribution in [0.4, 0.5) is 11.4 Å². The number of anilines is 2. The molecule has 20 heavy (non-hydrogen) atoms. The van der Waals surface area contributed by atoms with Gasteiger partial charge in [0.25, 0.3) is 5.91 Å². The molecule has 0 atom stereocenters. The van der Waals surface area contributed by atoms with E-state index in [1.54, 1.807) is 12.3 Å². The Morgan fingerprint density at radius 2 is 2.25 bits per heavy atom. The number of benzene rings is 1. The fourth-order valence-corrected chi connectivity index (χ4v) is 2.71. The zero-order chi connectivity index (χ0) is 14.7. The Morgan fingerprint density at radius 3 is 2.80 bits per heavy atom. The molecule has 2 rings (SSSR count). The summed E-state index contributed by atoms with van der Waals surface area (Å²) >= 11 is 7.19. The predicted molar refractivity (Wildman–Crippen MR) is 83.7 cm³/mol. The Morgan fingerprint density at radius 1 is 1.50 bits per heavy atom. The van der Waals surface area contributed by atoms with E-state index in [1.165, 1.54) is 11.3 Å². The Labute approximate surface area is 126 Å². The van der Waals surface area contributed by atoms with Crippen LogP contribution in [-0.2, 0) is 6.54 Å². The van der Waals surface area contributed by atoms with Crippen molar-refractivity contribution in [2.24, 2.45) is 5.73 Å². The molecular formula is C13H15ClN4OS. The summed E-state index contributed by atoms with van der Waals surface area (Å²) in [5.41, 5.74) is 7.52. The molecule has 0 spiro atoms. The summed E-state index contributed by atoms with van der Waals surface area (Å²) in [7, 11) is 3.74. The van der Waals surface area contributed by atoms with Crippen molar-refractivity contribution in [2.45, 2.75) is 6.54 Å². The summed E-state index contributed by atoms with van der Waals surface area (Å²) in [4.78, 5) is 18.3. The maximum atomic E-state index is 11.5. The molecular weight excluding hydrogens is 296 g/mol. The zero-order valence-corrected chi connectivity index (χ0v) is 12.8. The highest BCUT2D eigenvalue weighted by Crippen LogP contribution is 2.24. The van der Waals surface area contributed by atoms with Gasteiger partial charge >= 0.3 is 0 Å². The summed E-state index contributed by atoms with van der Waals surface area (Å²) in [6, 6.07) is 5.52. The quantitative estimate of drug-likeness (QED) is 0.890. The number of carbonyl (C=O) groups excluding carboxylic acids is 1. The van der Waals surface area contributed by atoms with Crippen LogP contribution in [0, 0.1) is 0 Å². The van der Waals surface area contributed by atoms with Crippen molar-refractivity contribution < 1.29 is 4.79 Å². The maximum Gasteiger partial charge on any atom is 0.250 e. The van der Waals surface area contributed by atoms with Crippen LogP contribution >= 0.6 is 22.9 Å². The molecule has 0 aliphatic heterocycles. The van der Waals surface area contributed by atoms with Gasteiger partial charge in [-0.2, -0.15) is 0 Å². The van der Waals surface area contributed by atoms with E-state index in [9.17, 15) is 4.79 Å². The molecule has 106 valence electrons. The van der Waals surface area contributed by atoms with E-state index in [2.05, 4.69) is 10.3 Å². The number of hydrogen-bond acceptors (Lipinski definition) is 5. The number of carbonyl (C=O) groups is 1. The molecule has 0 fully saturated rings. The molecule has 0 unspecified atom stereocenters. The van der Waals surface area contributed by atoms with Gasteiger partial charge in [-0.15, -0.1) is 11.3 Å². The second-order valence-electron chi connectivity index (χ2n) is 4.42. The molecule has 0 radical (unpaired) electrons. The first-order valence-corrected chi connectivity index (χ1v) is 7.12. The predicted octanol–water partition coefficient (Wildman–Crippen LogP) is 2.57. The summed E-state index contributed by atoms with van der Waals surface area (Å²) in [5, 5.41) is 3.22. The first-order chi connectivity index (χ1) is 9.47. The van der Waals surface area contributed by atoms with E-state index in [1.807, 2.05) is 31.1 Å². The van der Waals surface area contributed by atoms with E-state index in [0.717, 1.165) is 16.3 Å². The van der Waals surface area contributed by atoms with Crippen molar-refractivity contribution in [3.8, 4) is 0 Å². The third kappa shape index (κ3) is 3.40.